The monoisotopic (exact) mass is 452 g/mol. The second kappa shape index (κ2) is 9.31. The molecular formula is C25H29FN4O3. The molecule has 2 heterocycles. The Kier molecular flexibility index (Phi) is 6.47. The van der Waals surface area contributed by atoms with Crippen LogP contribution in [0.3, 0.4) is 0 Å². The first kappa shape index (κ1) is 22.9. The SMILES string of the molecule is Cc1c(C(=O)N2CC[C@@](O)(CC(C)C)[C@@H](Oc3ccc(F)cc3)C2)nnn1-c1ccccc1. The molecule has 0 radical (unpaired) electrons. The molecule has 7 nitrogen and oxygen atoms in total. The van der Waals surface area contributed by atoms with Crippen molar-refractivity contribution in [2.24, 2.45) is 5.92 Å². The zero-order chi connectivity index (χ0) is 23.6. The highest BCUT2D eigenvalue weighted by Crippen LogP contribution is 2.33. The molecule has 1 fully saturated rings. The van der Waals surface area contributed by atoms with Crippen LogP contribution in [0, 0.1) is 18.7 Å². The number of ether oxygens (including phenoxy) is 1. The summed E-state index contributed by atoms with van der Waals surface area (Å²) in [5.41, 5.74) is 0.638. The predicted molar refractivity (Wildman–Crippen MR) is 122 cm³/mol. The molecule has 0 saturated carbocycles. The fourth-order valence-electron chi connectivity index (χ4n) is 4.39. The van der Waals surface area contributed by atoms with Crippen LogP contribution in [-0.2, 0) is 0 Å². The number of nitrogens with zero attached hydrogens (tertiary/aromatic N) is 4. The first-order valence-electron chi connectivity index (χ1n) is 11.2. The van der Waals surface area contributed by atoms with Crippen molar-refractivity contribution in [2.45, 2.75) is 45.3 Å². The van der Waals surface area contributed by atoms with E-state index in [1.54, 1.807) is 9.58 Å². The molecule has 33 heavy (non-hydrogen) atoms. The van der Waals surface area contributed by atoms with E-state index >= 15 is 0 Å². The van der Waals surface area contributed by atoms with Crippen molar-refractivity contribution >= 4 is 5.91 Å². The van der Waals surface area contributed by atoms with E-state index in [-0.39, 0.29) is 29.9 Å². The quantitative estimate of drug-likeness (QED) is 0.616. The minimum Gasteiger partial charge on any atom is -0.486 e. The largest absolute Gasteiger partial charge is 0.486 e. The van der Waals surface area contributed by atoms with Gasteiger partial charge in [0.05, 0.1) is 17.9 Å². The fraction of sp³-hybridized carbons (Fsp3) is 0.400. The van der Waals surface area contributed by atoms with E-state index in [4.69, 9.17) is 4.74 Å². The maximum atomic E-state index is 13.4. The van der Waals surface area contributed by atoms with Crippen LogP contribution in [0.1, 0.15) is 42.9 Å². The van der Waals surface area contributed by atoms with Gasteiger partial charge in [-0.05, 0) is 62.1 Å². The van der Waals surface area contributed by atoms with Gasteiger partial charge in [0.2, 0.25) is 0 Å². The van der Waals surface area contributed by atoms with Crippen molar-refractivity contribution in [3.63, 3.8) is 0 Å². The summed E-state index contributed by atoms with van der Waals surface area (Å²) in [4.78, 5) is 15.0. The number of likely N-dealkylation sites (tertiary alicyclic amines) is 1. The lowest BCUT2D eigenvalue weighted by Gasteiger charge is -2.45. The summed E-state index contributed by atoms with van der Waals surface area (Å²) in [7, 11) is 0. The average molecular weight is 453 g/mol. The number of aromatic nitrogens is 3. The number of piperidine rings is 1. The Morgan fingerprint density at radius 2 is 1.91 bits per heavy atom. The van der Waals surface area contributed by atoms with E-state index in [0.29, 0.717) is 30.8 Å². The van der Waals surface area contributed by atoms with E-state index in [1.807, 2.05) is 51.1 Å². The van der Waals surface area contributed by atoms with E-state index in [2.05, 4.69) is 10.3 Å². The van der Waals surface area contributed by atoms with E-state index in [1.165, 1.54) is 24.3 Å². The van der Waals surface area contributed by atoms with Crippen LogP contribution in [0.25, 0.3) is 5.69 Å². The van der Waals surface area contributed by atoms with E-state index in [9.17, 15) is 14.3 Å². The van der Waals surface area contributed by atoms with Gasteiger partial charge in [-0.2, -0.15) is 0 Å². The third kappa shape index (κ3) is 4.90. The lowest BCUT2D eigenvalue weighted by Crippen LogP contribution is -2.59. The molecule has 174 valence electrons. The smallest absolute Gasteiger partial charge is 0.276 e. The average Bonchev–Trinajstić information content (AvgIpc) is 3.17. The summed E-state index contributed by atoms with van der Waals surface area (Å²) in [5.74, 6) is 0.0693. The molecule has 1 aliphatic heterocycles. The van der Waals surface area contributed by atoms with Gasteiger partial charge >= 0.3 is 0 Å². The standard InChI is InChI=1S/C25H29FN4O3/c1-17(2)15-25(32)13-14-29(16-22(25)33-21-11-9-19(26)10-12-21)24(31)23-18(3)30(28-27-23)20-7-5-4-6-8-20/h4-12,17,22,32H,13-16H2,1-3H3/t22-,25+/m0/s1. The highest BCUT2D eigenvalue weighted by Gasteiger charge is 2.45. The summed E-state index contributed by atoms with van der Waals surface area (Å²) < 4.78 is 21.1. The number of rotatable bonds is 6. The maximum Gasteiger partial charge on any atom is 0.276 e. The number of carbonyl (C=O) groups is 1. The molecule has 8 heteroatoms. The molecule has 0 bridgehead atoms. The Morgan fingerprint density at radius 3 is 2.58 bits per heavy atom. The van der Waals surface area contributed by atoms with Gasteiger partial charge in [-0.25, -0.2) is 9.07 Å². The number of amides is 1. The third-order valence-corrected chi connectivity index (χ3v) is 6.04. The van der Waals surface area contributed by atoms with Gasteiger partial charge in [-0.3, -0.25) is 4.79 Å². The summed E-state index contributed by atoms with van der Waals surface area (Å²) in [6.45, 7) is 6.46. The van der Waals surface area contributed by atoms with Crippen molar-refractivity contribution in [3.05, 3.63) is 71.8 Å². The Balaban J connectivity index is 1.57. The molecule has 0 aliphatic carbocycles. The van der Waals surface area contributed by atoms with Gasteiger partial charge in [0, 0.05) is 6.54 Å². The highest BCUT2D eigenvalue weighted by molar-refractivity contribution is 5.93. The number of benzene rings is 2. The number of hydrogen-bond donors (Lipinski definition) is 1. The van der Waals surface area contributed by atoms with Crippen molar-refractivity contribution < 1.29 is 19.0 Å². The molecular weight excluding hydrogens is 423 g/mol. The zero-order valence-corrected chi connectivity index (χ0v) is 19.1. The first-order chi connectivity index (χ1) is 15.8. The van der Waals surface area contributed by atoms with Crippen molar-refractivity contribution in [1.29, 1.82) is 0 Å². The zero-order valence-electron chi connectivity index (χ0n) is 19.1. The molecule has 0 unspecified atom stereocenters. The minimum atomic E-state index is -1.10. The maximum absolute atomic E-state index is 13.4. The number of carbonyl (C=O) groups excluding carboxylic acids is 1. The molecule has 3 aromatic rings. The fourth-order valence-corrected chi connectivity index (χ4v) is 4.39. The van der Waals surface area contributed by atoms with Crippen LogP contribution in [0.2, 0.25) is 0 Å². The summed E-state index contributed by atoms with van der Waals surface area (Å²) in [6.07, 6.45) is 0.242. The predicted octanol–water partition coefficient (Wildman–Crippen LogP) is 3.79. The topological polar surface area (TPSA) is 80.5 Å². The van der Waals surface area contributed by atoms with Gasteiger partial charge in [0.15, 0.2) is 5.69 Å². The van der Waals surface area contributed by atoms with Crippen molar-refractivity contribution in [3.8, 4) is 11.4 Å². The number of aliphatic hydroxyl groups is 1. The van der Waals surface area contributed by atoms with Crippen molar-refractivity contribution in [2.75, 3.05) is 13.1 Å². The lowest BCUT2D eigenvalue weighted by atomic mass is 9.81. The molecule has 1 aromatic heterocycles. The number of hydrogen-bond acceptors (Lipinski definition) is 5. The molecule has 1 amide bonds. The Labute approximate surface area is 192 Å². The van der Waals surface area contributed by atoms with Gasteiger partial charge in [-0.1, -0.05) is 37.3 Å². The number of halogens is 1. The van der Waals surface area contributed by atoms with Crippen LogP contribution < -0.4 is 4.74 Å². The van der Waals surface area contributed by atoms with Gasteiger partial charge < -0.3 is 14.7 Å². The Morgan fingerprint density at radius 1 is 1.21 bits per heavy atom. The van der Waals surface area contributed by atoms with Crippen molar-refractivity contribution in [1.82, 2.24) is 19.9 Å². The molecule has 1 N–H and O–H groups in total. The summed E-state index contributed by atoms with van der Waals surface area (Å²) >= 11 is 0. The van der Waals surface area contributed by atoms with Crippen LogP contribution in [0.5, 0.6) is 5.75 Å². The molecule has 1 saturated heterocycles. The minimum absolute atomic E-state index is 0.192. The highest BCUT2D eigenvalue weighted by atomic mass is 19.1. The van der Waals surface area contributed by atoms with Gasteiger partial charge in [-0.15, -0.1) is 5.10 Å². The first-order valence-corrected chi connectivity index (χ1v) is 11.2. The molecule has 2 aromatic carbocycles. The van der Waals surface area contributed by atoms with Crippen LogP contribution in [-0.4, -0.2) is 55.7 Å². The van der Waals surface area contributed by atoms with Gasteiger partial charge in [0.1, 0.15) is 23.3 Å². The van der Waals surface area contributed by atoms with Crippen LogP contribution in [0.15, 0.2) is 54.6 Å². The summed E-state index contributed by atoms with van der Waals surface area (Å²) in [5, 5.41) is 19.7. The normalized spacial score (nSPS) is 20.8. The molecule has 4 rings (SSSR count). The number of para-hydroxylation sites is 1. The van der Waals surface area contributed by atoms with E-state index in [0.717, 1.165) is 5.69 Å². The Bertz CT molecular complexity index is 1100. The van der Waals surface area contributed by atoms with E-state index < -0.39 is 11.7 Å². The second-order valence-electron chi connectivity index (χ2n) is 9.03. The summed E-state index contributed by atoms with van der Waals surface area (Å²) in [6, 6.07) is 15.2. The van der Waals surface area contributed by atoms with Gasteiger partial charge in [0.25, 0.3) is 5.91 Å². The van der Waals surface area contributed by atoms with Crippen LogP contribution >= 0.6 is 0 Å². The Hall–Kier alpha value is -3.26. The third-order valence-electron chi connectivity index (χ3n) is 6.04. The lowest BCUT2D eigenvalue weighted by molar-refractivity contribution is -0.111. The molecule has 2 atom stereocenters. The second-order valence-corrected chi connectivity index (χ2v) is 9.03. The van der Waals surface area contributed by atoms with Crippen LogP contribution in [0.4, 0.5) is 4.39 Å². The molecule has 1 aliphatic rings. The molecule has 0 spiro atoms.